The van der Waals surface area contributed by atoms with E-state index in [1.807, 2.05) is 0 Å². The van der Waals surface area contributed by atoms with Gasteiger partial charge in [0.15, 0.2) is 0 Å². The van der Waals surface area contributed by atoms with Crippen LogP contribution in [0.4, 0.5) is 26.3 Å². The van der Waals surface area contributed by atoms with E-state index >= 15 is 0 Å². The summed E-state index contributed by atoms with van der Waals surface area (Å²) in [4.78, 5) is 0. The van der Waals surface area contributed by atoms with Crippen LogP contribution >= 0.6 is 0 Å². The van der Waals surface area contributed by atoms with E-state index in [0.29, 0.717) is 0 Å². The zero-order valence-electron chi connectivity index (χ0n) is 10.6. The van der Waals surface area contributed by atoms with Crippen LogP contribution in [0.1, 0.15) is 22.3 Å². The molecule has 0 unspecified atom stereocenters. The maximum Gasteiger partial charge on any atom is 0.416 e. The average Bonchev–Trinajstić information content (AvgIpc) is 2.37. The number of hydrogen-bond donors (Lipinski definition) is 0. The third kappa shape index (κ3) is 3.56. The fraction of sp³-hybridized carbons (Fsp3) is 0.200. The Morgan fingerprint density at radius 2 is 0.905 bits per heavy atom. The van der Waals surface area contributed by atoms with Crippen LogP contribution in [0, 0.1) is 0 Å². The van der Waals surface area contributed by atoms with Crippen LogP contribution in [-0.2, 0) is 18.8 Å². The first-order valence-corrected chi connectivity index (χ1v) is 6.00. The highest BCUT2D eigenvalue weighted by Crippen LogP contribution is 2.36. The smallest absolute Gasteiger partial charge is 0.166 e. The Bertz CT molecular complexity index is 569. The van der Waals surface area contributed by atoms with Crippen LogP contribution in [0.25, 0.3) is 0 Å². The first kappa shape index (κ1) is 15.4. The Kier molecular flexibility index (Phi) is 3.98. The highest BCUT2D eigenvalue weighted by Gasteiger charge is 2.35. The van der Waals surface area contributed by atoms with E-state index in [1.54, 1.807) is 0 Å². The molecule has 0 aliphatic heterocycles. The molecular formula is C15H10F6. The molecule has 6 heteroatoms. The van der Waals surface area contributed by atoms with Crippen molar-refractivity contribution in [2.75, 3.05) is 0 Å². The third-order valence-electron chi connectivity index (χ3n) is 3.03. The topological polar surface area (TPSA) is 0 Å². The van der Waals surface area contributed by atoms with Crippen molar-refractivity contribution in [2.45, 2.75) is 18.8 Å². The predicted molar refractivity (Wildman–Crippen MR) is 65.7 cm³/mol. The number of hydrogen-bond acceptors (Lipinski definition) is 0. The van der Waals surface area contributed by atoms with E-state index in [1.165, 1.54) is 36.4 Å². The highest BCUT2D eigenvalue weighted by molar-refractivity contribution is 5.38. The van der Waals surface area contributed by atoms with Gasteiger partial charge in [0.1, 0.15) is 0 Å². The van der Waals surface area contributed by atoms with Gasteiger partial charge in [-0.25, -0.2) is 0 Å². The van der Waals surface area contributed by atoms with Crippen molar-refractivity contribution in [3.63, 3.8) is 0 Å². The molecule has 0 saturated carbocycles. The van der Waals surface area contributed by atoms with E-state index in [-0.39, 0.29) is 11.1 Å². The molecule has 0 N–H and O–H groups in total. The lowest BCUT2D eigenvalue weighted by Crippen LogP contribution is -2.12. The minimum absolute atomic E-state index is 0.179. The van der Waals surface area contributed by atoms with Gasteiger partial charge in [0.2, 0.25) is 0 Å². The van der Waals surface area contributed by atoms with Crippen LogP contribution in [0.2, 0.25) is 0 Å². The van der Waals surface area contributed by atoms with Crippen molar-refractivity contribution in [3.05, 3.63) is 70.8 Å². The summed E-state index contributed by atoms with van der Waals surface area (Å²) < 4.78 is 77.2. The Morgan fingerprint density at radius 1 is 0.571 bits per heavy atom. The average molecular weight is 304 g/mol. The molecule has 0 aliphatic rings. The van der Waals surface area contributed by atoms with Crippen molar-refractivity contribution in [2.24, 2.45) is 0 Å². The summed E-state index contributed by atoms with van der Waals surface area (Å²) in [5.41, 5.74) is -2.19. The van der Waals surface area contributed by atoms with Gasteiger partial charge in [-0.2, -0.15) is 26.3 Å². The van der Waals surface area contributed by atoms with Gasteiger partial charge in [-0.3, -0.25) is 0 Å². The quantitative estimate of drug-likeness (QED) is 0.659. The van der Waals surface area contributed by atoms with Crippen LogP contribution in [0.3, 0.4) is 0 Å². The molecule has 0 amide bonds. The maximum absolute atomic E-state index is 12.9. The van der Waals surface area contributed by atoms with Gasteiger partial charge in [-0.1, -0.05) is 36.4 Å². The minimum Gasteiger partial charge on any atom is -0.166 e. The molecule has 0 spiro atoms. The monoisotopic (exact) mass is 304 g/mol. The molecule has 0 fully saturated rings. The second-order valence-electron chi connectivity index (χ2n) is 4.49. The molecule has 0 heterocycles. The molecule has 0 aliphatic carbocycles. The first-order valence-electron chi connectivity index (χ1n) is 6.00. The van der Waals surface area contributed by atoms with E-state index in [9.17, 15) is 26.3 Å². The molecule has 21 heavy (non-hydrogen) atoms. The Labute approximate surface area is 117 Å². The molecule has 2 aromatic carbocycles. The molecule has 0 aromatic heterocycles. The maximum atomic E-state index is 12.9. The summed E-state index contributed by atoms with van der Waals surface area (Å²) >= 11 is 0. The summed E-state index contributed by atoms with van der Waals surface area (Å²) in [5.74, 6) is 0. The molecule has 0 saturated heterocycles. The van der Waals surface area contributed by atoms with Crippen molar-refractivity contribution < 1.29 is 26.3 Å². The van der Waals surface area contributed by atoms with Crippen LogP contribution in [-0.4, -0.2) is 0 Å². The standard InChI is InChI=1S/C15H10F6/c16-14(17,18)12-7-3-1-5-10(12)9-11-6-2-4-8-13(11)15(19,20)21/h1-8H,9H2. The van der Waals surface area contributed by atoms with Crippen molar-refractivity contribution >= 4 is 0 Å². The summed E-state index contributed by atoms with van der Waals surface area (Å²) in [6.07, 6.45) is -9.61. The number of alkyl halides is 6. The normalized spacial score (nSPS) is 12.5. The summed E-state index contributed by atoms with van der Waals surface area (Å²) in [5, 5.41) is 0. The van der Waals surface area contributed by atoms with E-state index < -0.39 is 29.9 Å². The predicted octanol–water partition coefficient (Wildman–Crippen LogP) is 5.32. The van der Waals surface area contributed by atoms with Gasteiger partial charge >= 0.3 is 12.4 Å². The number of halogens is 6. The summed E-state index contributed by atoms with van der Waals surface area (Å²) in [7, 11) is 0. The lowest BCUT2D eigenvalue weighted by molar-refractivity contribution is -0.138. The summed E-state index contributed by atoms with van der Waals surface area (Å²) in [6, 6.07) is 9.29. The second-order valence-corrected chi connectivity index (χ2v) is 4.49. The van der Waals surface area contributed by atoms with Gasteiger partial charge in [-0.05, 0) is 29.7 Å². The zero-order valence-corrected chi connectivity index (χ0v) is 10.6. The van der Waals surface area contributed by atoms with Gasteiger partial charge in [0.25, 0.3) is 0 Å². The fourth-order valence-electron chi connectivity index (χ4n) is 2.11. The molecule has 0 nitrogen and oxygen atoms in total. The lowest BCUT2D eigenvalue weighted by atomic mass is 9.96. The Hall–Kier alpha value is -1.98. The fourth-order valence-corrected chi connectivity index (χ4v) is 2.11. The Balaban J connectivity index is 2.45. The van der Waals surface area contributed by atoms with Gasteiger partial charge in [-0.15, -0.1) is 0 Å². The number of rotatable bonds is 2. The number of benzene rings is 2. The molecule has 2 rings (SSSR count). The SMILES string of the molecule is FC(F)(F)c1ccccc1Cc1ccccc1C(F)(F)F. The Morgan fingerprint density at radius 3 is 1.24 bits per heavy atom. The molecule has 2 aromatic rings. The first-order chi connectivity index (χ1) is 9.69. The van der Waals surface area contributed by atoms with Crippen molar-refractivity contribution in [1.29, 1.82) is 0 Å². The zero-order chi connectivity index (χ0) is 15.7. The third-order valence-corrected chi connectivity index (χ3v) is 3.03. The highest BCUT2D eigenvalue weighted by atomic mass is 19.4. The molecular weight excluding hydrogens is 294 g/mol. The van der Waals surface area contributed by atoms with Crippen molar-refractivity contribution in [1.82, 2.24) is 0 Å². The van der Waals surface area contributed by atoms with E-state index in [2.05, 4.69) is 0 Å². The van der Waals surface area contributed by atoms with Crippen LogP contribution in [0.5, 0.6) is 0 Å². The van der Waals surface area contributed by atoms with Gasteiger partial charge < -0.3 is 0 Å². The van der Waals surface area contributed by atoms with Gasteiger partial charge in [0.05, 0.1) is 11.1 Å². The lowest BCUT2D eigenvalue weighted by Gasteiger charge is -2.16. The van der Waals surface area contributed by atoms with E-state index in [0.717, 1.165) is 12.1 Å². The minimum atomic E-state index is -4.59. The molecule has 0 bridgehead atoms. The van der Waals surface area contributed by atoms with Crippen LogP contribution in [0.15, 0.2) is 48.5 Å². The molecule has 112 valence electrons. The van der Waals surface area contributed by atoms with Gasteiger partial charge in [0, 0.05) is 0 Å². The van der Waals surface area contributed by atoms with Crippen molar-refractivity contribution in [3.8, 4) is 0 Å². The van der Waals surface area contributed by atoms with Crippen LogP contribution < -0.4 is 0 Å². The molecule has 0 atom stereocenters. The second kappa shape index (κ2) is 5.42. The van der Waals surface area contributed by atoms with E-state index in [4.69, 9.17) is 0 Å². The molecule has 0 radical (unpaired) electrons. The largest absolute Gasteiger partial charge is 0.416 e. The summed E-state index contributed by atoms with van der Waals surface area (Å²) in [6.45, 7) is 0.